The zero-order valence-corrected chi connectivity index (χ0v) is 17.0. The van der Waals surface area contributed by atoms with Gasteiger partial charge in [-0.15, -0.1) is 11.3 Å². The Hall–Kier alpha value is -3.06. The Balaban J connectivity index is 1.85. The van der Waals surface area contributed by atoms with Crippen molar-refractivity contribution >= 4 is 34.1 Å². The van der Waals surface area contributed by atoms with E-state index in [4.69, 9.17) is 4.98 Å². The first-order chi connectivity index (χ1) is 13.4. The van der Waals surface area contributed by atoms with Crippen molar-refractivity contribution in [2.45, 2.75) is 33.7 Å². The van der Waals surface area contributed by atoms with Gasteiger partial charge in [0, 0.05) is 16.6 Å². The van der Waals surface area contributed by atoms with Crippen LogP contribution in [0.2, 0.25) is 0 Å². The number of nitrogens with one attached hydrogen (secondary N) is 1. The summed E-state index contributed by atoms with van der Waals surface area (Å²) in [5, 5.41) is 8.10. The van der Waals surface area contributed by atoms with E-state index in [0.717, 1.165) is 21.7 Å². The Morgan fingerprint density at radius 3 is 2.64 bits per heavy atom. The fourth-order valence-corrected chi connectivity index (χ4v) is 3.91. The molecule has 0 fully saturated rings. The lowest BCUT2D eigenvalue weighted by Crippen LogP contribution is -2.14. The lowest BCUT2D eigenvalue weighted by atomic mass is 10.1. The first-order valence-electron chi connectivity index (χ1n) is 9.12. The van der Waals surface area contributed by atoms with Crippen LogP contribution in [0, 0.1) is 13.8 Å². The van der Waals surface area contributed by atoms with Crippen molar-refractivity contribution in [2.75, 3.05) is 5.32 Å². The molecule has 0 saturated carbocycles. The monoisotopic (exact) mass is 391 g/mol. The highest BCUT2D eigenvalue weighted by Crippen LogP contribution is 2.31. The molecule has 0 bridgehead atoms. The predicted molar refractivity (Wildman–Crippen MR) is 113 cm³/mol. The molecule has 0 radical (unpaired) electrons. The van der Waals surface area contributed by atoms with Gasteiger partial charge in [-0.05, 0) is 58.0 Å². The van der Waals surface area contributed by atoms with Gasteiger partial charge in [0.05, 0.1) is 27.7 Å². The Morgan fingerprint density at radius 2 is 1.96 bits per heavy atom. The number of fused-ring (bicyclic) bond motifs is 1. The van der Waals surface area contributed by atoms with Gasteiger partial charge in [0.2, 0.25) is 0 Å². The van der Waals surface area contributed by atoms with Crippen LogP contribution in [0.15, 0.2) is 42.6 Å². The highest BCUT2D eigenvalue weighted by molar-refractivity contribution is 7.15. The predicted octanol–water partition coefficient (Wildman–Crippen LogP) is 5.00. The molecular formula is C21H21N5OS. The normalized spacial score (nSPS) is 11.3. The van der Waals surface area contributed by atoms with E-state index in [9.17, 15) is 4.79 Å². The van der Waals surface area contributed by atoms with Gasteiger partial charge in [0.25, 0.3) is 5.91 Å². The maximum Gasteiger partial charge on any atom is 0.257 e. The van der Waals surface area contributed by atoms with Gasteiger partial charge >= 0.3 is 0 Å². The smallest absolute Gasteiger partial charge is 0.257 e. The average Bonchev–Trinajstić information content (AvgIpc) is 3.27. The summed E-state index contributed by atoms with van der Waals surface area (Å²) in [6.45, 7) is 8.05. The van der Waals surface area contributed by atoms with Gasteiger partial charge < -0.3 is 5.32 Å². The summed E-state index contributed by atoms with van der Waals surface area (Å²) < 4.78 is 1.85. The SMILES string of the molecule is Cc1cccc(NC(=O)c2cc(-c3ccc(C)s3)nc3c2cnn3C(C)C)n1. The fourth-order valence-electron chi connectivity index (χ4n) is 3.08. The van der Waals surface area contributed by atoms with E-state index >= 15 is 0 Å². The molecule has 1 amide bonds. The second kappa shape index (κ2) is 7.16. The van der Waals surface area contributed by atoms with Crippen LogP contribution in [0.3, 0.4) is 0 Å². The molecule has 0 aliphatic rings. The van der Waals surface area contributed by atoms with E-state index in [1.165, 1.54) is 4.88 Å². The van der Waals surface area contributed by atoms with Gasteiger partial charge in [-0.25, -0.2) is 14.6 Å². The number of hydrogen-bond donors (Lipinski definition) is 1. The number of carbonyl (C=O) groups excluding carboxylic acids is 1. The molecule has 0 atom stereocenters. The van der Waals surface area contributed by atoms with Crippen LogP contribution < -0.4 is 5.32 Å². The second-order valence-electron chi connectivity index (χ2n) is 7.00. The van der Waals surface area contributed by atoms with Crippen LogP contribution in [0.5, 0.6) is 0 Å². The van der Waals surface area contributed by atoms with Gasteiger partial charge in [-0.3, -0.25) is 4.79 Å². The number of aromatic nitrogens is 4. The molecule has 0 spiro atoms. The molecule has 4 aromatic rings. The summed E-state index contributed by atoms with van der Waals surface area (Å²) in [4.78, 5) is 24.5. The van der Waals surface area contributed by atoms with Crippen LogP contribution in [-0.4, -0.2) is 25.7 Å². The molecule has 6 nitrogen and oxygen atoms in total. The zero-order valence-electron chi connectivity index (χ0n) is 16.2. The maximum atomic E-state index is 13.1. The summed E-state index contributed by atoms with van der Waals surface area (Å²) >= 11 is 1.66. The van der Waals surface area contributed by atoms with E-state index in [2.05, 4.69) is 28.4 Å². The van der Waals surface area contributed by atoms with Crippen molar-refractivity contribution in [1.82, 2.24) is 19.7 Å². The van der Waals surface area contributed by atoms with Gasteiger partial charge in [0.1, 0.15) is 5.82 Å². The first kappa shape index (κ1) is 18.3. The molecule has 7 heteroatoms. The third-order valence-electron chi connectivity index (χ3n) is 4.42. The molecule has 4 aromatic heterocycles. The molecule has 28 heavy (non-hydrogen) atoms. The average molecular weight is 392 g/mol. The molecule has 4 heterocycles. The van der Waals surface area contributed by atoms with Gasteiger partial charge in [-0.2, -0.15) is 5.10 Å². The molecule has 0 aliphatic carbocycles. The molecule has 0 aliphatic heterocycles. The Labute approximate surface area is 167 Å². The van der Waals surface area contributed by atoms with E-state index in [1.807, 2.05) is 49.7 Å². The van der Waals surface area contributed by atoms with Gasteiger partial charge in [-0.1, -0.05) is 6.07 Å². The molecular weight excluding hydrogens is 370 g/mol. The Bertz CT molecular complexity index is 1170. The molecule has 1 N–H and O–H groups in total. The number of carbonyl (C=O) groups is 1. The quantitative estimate of drug-likeness (QED) is 0.531. The van der Waals surface area contributed by atoms with Crippen molar-refractivity contribution in [3.63, 3.8) is 0 Å². The Kier molecular flexibility index (Phi) is 4.68. The number of amides is 1. The fraction of sp³-hybridized carbons (Fsp3) is 0.238. The summed E-state index contributed by atoms with van der Waals surface area (Å²) in [5.74, 6) is 0.308. The minimum Gasteiger partial charge on any atom is -0.307 e. The number of anilines is 1. The van der Waals surface area contributed by atoms with Crippen LogP contribution in [-0.2, 0) is 0 Å². The third-order valence-corrected chi connectivity index (χ3v) is 5.45. The first-order valence-corrected chi connectivity index (χ1v) is 9.94. The lowest BCUT2D eigenvalue weighted by molar-refractivity contribution is 0.102. The number of aryl methyl sites for hydroxylation is 2. The summed E-state index contributed by atoms with van der Waals surface area (Å²) in [5.41, 5.74) is 2.87. The van der Waals surface area contributed by atoms with E-state index < -0.39 is 0 Å². The summed E-state index contributed by atoms with van der Waals surface area (Å²) in [7, 11) is 0. The van der Waals surface area contributed by atoms with Crippen LogP contribution in [0.4, 0.5) is 5.82 Å². The van der Waals surface area contributed by atoms with Crippen molar-refractivity contribution in [2.24, 2.45) is 0 Å². The van der Waals surface area contributed by atoms with Crippen LogP contribution >= 0.6 is 11.3 Å². The number of rotatable bonds is 4. The third kappa shape index (κ3) is 3.41. The van der Waals surface area contributed by atoms with Crippen LogP contribution in [0.1, 0.15) is 40.8 Å². The molecule has 0 unspecified atom stereocenters. The second-order valence-corrected chi connectivity index (χ2v) is 8.29. The van der Waals surface area contributed by atoms with Crippen LogP contribution in [0.25, 0.3) is 21.6 Å². The van der Waals surface area contributed by atoms with Crippen molar-refractivity contribution < 1.29 is 4.79 Å². The number of nitrogens with zero attached hydrogens (tertiary/aromatic N) is 4. The standard InChI is InChI=1S/C21H21N5OS/c1-12(2)26-20-16(11-22-26)15(10-17(24-20)18-9-8-14(4)28-18)21(27)25-19-7-5-6-13(3)23-19/h5-12H,1-4H3,(H,23,25,27). The lowest BCUT2D eigenvalue weighted by Gasteiger charge is -2.10. The van der Waals surface area contributed by atoms with Gasteiger partial charge in [0.15, 0.2) is 5.65 Å². The topological polar surface area (TPSA) is 72.7 Å². The highest BCUT2D eigenvalue weighted by Gasteiger charge is 2.19. The highest BCUT2D eigenvalue weighted by atomic mass is 32.1. The van der Waals surface area contributed by atoms with Crippen molar-refractivity contribution in [3.8, 4) is 10.6 Å². The molecule has 0 saturated heterocycles. The largest absolute Gasteiger partial charge is 0.307 e. The summed E-state index contributed by atoms with van der Waals surface area (Å²) in [6.07, 6.45) is 1.71. The molecule has 0 aromatic carbocycles. The van der Waals surface area contributed by atoms with E-state index in [-0.39, 0.29) is 11.9 Å². The number of hydrogen-bond acceptors (Lipinski definition) is 5. The Morgan fingerprint density at radius 1 is 1.14 bits per heavy atom. The van der Waals surface area contributed by atoms with Crippen molar-refractivity contribution in [3.05, 3.63) is 58.7 Å². The molecule has 142 valence electrons. The van der Waals surface area contributed by atoms with Crippen molar-refractivity contribution in [1.29, 1.82) is 0 Å². The van der Waals surface area contributed by atoms with E-state index in [0.29, 0.717) is 17.0 Å². The number of pyridine rings is 2. The minimum absolute atomic E-state index is 0.139. The van der Waals surface area contributed by atoms with E-state index in [1.54, 1.807) is 23.6 Å². The summed E-state index contributed by atoms with van der Waals surface area (Å²) in [6, 6.07) is 11.6. The zero-order chi connectivity index (χ0) is 19.8. The number of thiophene rings is 1. The molecule has 4 rings (SSSR count). The minimum atomic E-state index is -0.219. The maximum absolute atomic E-state index is 13.1.